The van der Waals surface area contributed by atoms with E-state index in [1.807, 2.05) is 0 Å². The van der Waals surface area contributed by atoms with Gasteiger partial charge in [-0.1, -0.05) is 0 Å². The Morgan fingerprint density at radius 2 is 2.20 bits per heavy atom. The summed E-state index contributed by atoms with van der Waals surface area (Å²) in [6.07, 6.45) is 1.70. The molecular weight excluding hydrogens is 260 g/mol. The lowest BCUT2D eigenvalue weighted by Gasteiger charge is -2.57. The first-order valence-corrected chi connectivity index (χ1v) is 5.68. The Morgan fingerprint density at radius 1 is 1.47 bits per heavy atom. The maximum absolute atomic E-state index is 11.3. The van der Waals surface area contributed by atoms with Gasteiger partial charge in [0.25, 0.3) is 5.56 Å². The van der Waals surface area contributed by atoms with Crippen molar-refractivity contribution >= 4 is 21.6 Å². The average Bonchev–Trinajstić information content (AvgIpc) is 2.07. The zero-order valence-electron chi connectivity index (χ0n) is 8.09. The summed E-state index contributed by atoms with van der Waals surface area (Å²) in [5.41, 5.74) is 1.19. The van der Waals surface area contributed by atoms with Gasteiger partial charge in [0.2, 0.25) is 0 Å². The van der Waals surface area contributed by atoms with E-state index in [-0.39, 0.29) is 5.56 Å². The number of halogens is 1. The molecule has 0 aromatic carbocycles. The quantitative estimate of drug-likeness (QED) is 0.751. The summed E-state index contributed by atoms with van der Waals surface area (Å²) in [4.78, 5) is 13.5. The predicted molar refractivity (Wildman–Crippen MR) is 60.1 cm³/mol. The topological polar surface area (TPSA) is 61.0 Å². The van der Waals surface area contributed by atoms with Gasteiger partial charge in [0, 0.05) is 31.6 Å². The maximum Gasteiger partial charge on any atom is 0.280 e. The Hall–Kier alpha value is -0.880. The Labute approximate surface area is 95.0 Å². The van der Waals surface area contributed by atoms with Gasteiger partial charge in [-0.15, -0.1) is 0 Å². The van der Waals surface area contributed by atoms with E-state index in [4.69, 9.17) is 0 Å². The molecule has 0 aliphatic carbocycles. The van der Waals surface area contributed by atoms with E-state index in [0.29, 0.717) is 9.89 Å². The van der Waals surface area contributed by atoms with Crippen molar-refractivity contribution in [2.24, 2.45) is 5.41 Å². The van der Waals surface area contributed by atoms with Crippen LogP contribution in [0.3, 0.4) is 0 Å². The SMILES string of the molecule is O=c1[nH]ncc(N2CC3(CNC3)C2)c1Br. The summed E-state index contributed by atoms with van der Waals surface area (Å²) in [6, 6.07) is 0. The molecule has 0 bridgehead atoms. The van der Waals surface area contributed by atoms with Gasteiger partial charge >= 0.3 is 0 Å². The third-order valence-electron chi connectivity index (χ3n) is 3.17. The molecule has 2 fully saturated rings. The Balaban J connectivity index is 1.83. The van der Waals surface area contributed by atoms with Crippen LogP contribution in [0.5, 0.6) is 0 Å². The minimum atomic E-state index is -0.166. The first kappa shape index (κ1) is 9.35. The molecule has 6 heteroatoms. The van der Waals surface area contributed by atoms with Crippen molar-refractivity contribution in [2.75, 3.05) is 31.1 Å². The van der Waals surface area contributed by atoms with Crippen molar-refractivity contribution in [3.8, 4) is 0 Å². The molecule has 1 spiro atoms. The Bertz CT molecular complexity index is 446. The smallest absolute Gasteiger partial charge is 0.280 e. The highest BCUT2D eigenvalue weighted by Crippen LogP contribution is 2.38. The summed E-state index contributed by atoms with van der Waals surface area (Å²) in [7, 11) is 0. The molecular formula is C9H11BrN4O. The molecule has 0 atom stereocenters. The van der Waals surface area contributed by atoms with Gasteiger partial charge in [-0.25, -0.2) is 5.10 Å². The zero-order chi connectivity index (χ0) is 10.5. The lowest BCUT2D eigenvalue weighted by molar-refractivity contribution is 0.121. The number of hydrogen-bond acceptors (Lipinski definition) is 4. The number of nitrogens with one attached hydrogen (secondary N) is 2. The van der Waals surface area contributed by atoms with Crippen LogP contribution in [0.1, 0.15) is 0 Å². The fraction of sp³-hybridized carbons (Fsp3) is 0.556. The van der Waals surface area contributed by atoms with Gasteiger partial charge in [0.15, 0.2) is 0 Å². The molecule has 3 rings (SSSR count). The van der Waals surface area contributed by atoms with Gasteiger partial charge in [-0.3, -0.25) is 4.79 Å². The summed E-state index contributed by atoms with van der Waals surface area (Å²) >= 11 is 3.29. The van der Waals surface area contributed by atoms with Crippen LogP contribution in [0.4, 0.5) is 5.69 Å². The molecule has 0 radical (unpaired) electrons. The first-order chi connectivity index (χ1) is 7.20. The van der Waals surface area contributed by atoms with E-state index in [9.17, 15) is 4.79 Å². The lowest BCUT2D eigenvalue weighted by atomic mass is 9.74. The second kappa shape index (κ2) is 3.05. The van der Waals surface area contributed by atoms with E-state index in [0.717, 1.165) is 31.9 Å². The zero-order valence-corrected chi connectivity index (χ0v) is 9.67. The van der Waals surface area contributed by atoms with Gasteiger partial charge in [-0.2, -0.15) is 5.10 Å². The summed E-state index contributed by atoms with van der Waals surface area (Å²) < 4.78 is 0.583. The predicted octanol–water partition coefficient (Wildman–Crippen LogP) is -0.0580. The first-order valence-electron chi connectivity index (χ1n) is 4.89. The van der Waals surface area contributed by atoms with E-state index in [1.165, 1.54) is 0 Å². The minimum Gasteiger partial charge on any atom is -0.368 e. The molecule has 2 aliphatic rings. The fourth-order valence-electron chi connectivity index (χ4n) is 2.23. The highest BCUT2D eigenvalue weighted by atomic mass is 79.9. The molecule has 1 aromatic heterocycles. The van der Waals surface area contributed by atoms with Crippen LogP contribution in [0.15, 0.2) is 15.5 Å². The van der Waals surface area contributed by atoms with Crippen molar-refractivity contribution in [1.29, 1.82) is 0 Å². The molecule has 2 aliphatic heterocycles. The van der Waals surface area contributed by atoms with Crippen molar-refractivity contribution in [3.05, 3.63) is 21.0 Å². The molecule has 5 nitrogen and oxygen atoms in total. The van der Waals surface area contributed by atoms with E-state index >= 15 is 0 Å². The van der Waals surface area contributed by atoms with Crippen LogP contribution in [-0.2, 0) is 0 Å². The van der Waals surface area contributed by atoms with Crippen LogP contribution in [0, 0.1) is 5.41 Å². The highest BCUT2D eigenvalue weighted by molar-refractivity contribution is 9.10. The van der Waals surface area contributed by atoms with Crippen molar-refractivity contribution in [2.45, 2.75) is 0 Å². The normalized spacial score (nSPS) is 22.3. The van der Waals surface area contributed by atoms with Crippen LogP contribution in [-0.4, -0.2) is 36.4 Å². The summed E-state index contributed by atoms with van der Waals surface area (Å²) in [6.45, 7) is 4.23. The second-order valence-electron chi connectivity index (χ2n) is 4.36. The number of aromatic amines is 1. The molecule has 0 unspecified atom stereocenters. The number of anilines is 1. The summed E-state index contributed by atoms with van der Waals surface area (Å²) in [5.74, 6) is 0. The molecule has 0 amide bonds. The molecule has 0 saturated carbocycles. The van der Waals surface area contributed by atoms with Gasteiger partial charge < -0.3 is 10.2 Å². The van der Waals surface area contributed by atoms with Crippen molar-refractivity contribution in [1.82, 2.24) is 15.5 Å². The summed E-state index contributed by atoms with van der Waals surface area (Å²) in [5, 5.41) is 9.50. The molecule has 2 saturated heterocycles. The number of hydrogen-bond donors (Lipinski definition) is 2. The monoisotopic (exact) mass is 270 g/mol. The Kier molecular flexibility index (Phi) is 1.90. The Morgan fingerprint density at radius 3 is 2.80 bits per heavy atom. The second-order valence-corrected chi connectivity index (χ2v) is 5.15. The number of H-pyrrole nitrogens is 1. The third-order valence-corrected chi connectivity index (χ3v) is 3.94. The maximum atomic E-state index is 11.3. The van der Waals surface area contributed by atoms with E-state index in [1.54, 1.807) is 6.20 Å². The fourth-order valence-corrected chi connectivity index (χ4v) is 2.67. The van der Waals surface area contributed by atoms with Crippen molar-refractivity contribution in [3.63, 3.8) is 0 Å². The number of rotatable bonds is 1. The molecule has 2 N–H and O–H groups in total. The minimum absolute atomic E-state index is 0.166. The molecule has 15 heavy (non-hydrogen) atoms. The number of aromatic nitrogens is 2. The van der Waals surface area contributed by atoms with Gasteiger partial charge in [-0.05, 0) is 15.9 Å². The van der Waals surface area contributed by atoms with Crippen molar-refractivity contribution < 1.29 is 0 Å². The molecule has 3 heterocycles. The van der Waals surface area contributed by atoms with Crippen LogP contribution in [0.2, 0.25) is 0 Å². The van der Waals surface area contributed by atoms with Crippen LogP contribution < -0.4 is 15.8 Å². The molecule has 80 valence electrons. The highest BCUT2D eigenvalue weighted by Gasteiger charge is 2.48. The largest absolute Gasteiger partial charge is 0.368 e. The van der Waals surface area contributed by atoms with Gasteiger partial charge in [0.1, 0.15) is 4.47 Å². The third kappa shape index (κ3) is 1.32. The standard InChI is InChI=1S/C9H11BrN4O/c10-7-6(1-12-13-8(7)15)14-4-9(5-14)2-11-3-9/h1,11H,2-5H2,(H,13,15). The van der Waals surface area contributed by atoms with Gasteiger partial charge in [0.05, 0.1) is 11.9 Å². The average molecular weight is 271 g/mol. The van der Waals surface area contributed by atoms with E-state index in [2.05, 4.69) is 36.3 Å². The van der Waals surface area contributed by atoms with E-state index < -0.39 is 0 Å². The van der Waals surface area contributed by atoms with Crippen LogP contribution >= 0.6 is 15.9 Å². The number of nitrogens with zero attached hydrogens (tertiary/aromatic N) is 2. The lowest BCUT2D eigenvalue weighted by Crippen LogP contribution is -2.71. The molecule has 1 aromatic rings. The van der Waals surface area contributed by atoms with Crippen LogP contribution in [0.25, 0.3) is 0 Å².